The van der Waals surface area contributed by atoms with Gasteiger partial charge >= 0.3 is 0 Å². The molecular formula is C19H18Cl2N4OS. The Kier molecular flexibility index (Phi) is 6.42. The van der Waals surface area contributed by atoms with Crippen molar-refractivity contribution in [3.8, 4) is 11.4 Å². The van der Waals surface area contributed by atoms with Gasteiger partial charge in [-0.2, -0.15) is 0 Å². The third-order valence-corrected chi connectivity index (χ3v) is 5.64. The van der Waals surface area contributed by atoms with E-state index in [-0.39, 0.29) is 17.7 Å². The van der Waals surface area contributed by atoms with E-state index in [0.29, 0.717) is 15.2 Å². The number of carbonyl (C=O) groups is 1. The van der Waals surface area contributed by atoms with E-state index in [4.69, 9.17) is 23.2 Å². The zero-order valence-corrected chi connectivity index (χ0v) is 17.1. The lowest BCUT2D eigenvalue weighted by molar-refractivity contribution is -0.119. The summed E-state index contributed by atoms with van der Waals surface area (Å²) >= 11 is 13.4. The van der Waals surface area contributed by atoms with Gasteiger partial charge in [0, 0.05) is 22.7 Å². The van der Waals surface area contributed by atoms with Crippen molar-refractivity contribution in [1.82, 2.24) is 20.1 Å². The van der Waals surface area contributed by atoms with Crippen molar-refractivity contribution in [2.75, 3.05) is 5.75 Å². The fraction of sp³-hybridized carbons (Fsp3) is 0.211. The van der Waals surface area contributed by atoms with Crippen molar-refractivity contribution in [3.05, 3.63) is 64.1 Å². The maximum Gasteiger partial charge on any atom is 0.230 e. The quantitative estimate of drug-likeness (QED) is 0.583. The largest absolute Gasteiger partial charge is 0.349 e. The van der Waals surface area contributed by atoms with Crippen molar-refractivity contribution < 1.29 is 4.79 Å². The van der Waals surface area contributed by atoms with Gasteiger partial charge in [-0.05, 0) is 42.8 Å². The van der Waals surface area contributed by atoms with Gasteiger partial charge in [0.05, 0.1) is 11.8 Å². The van der Waals surface area contributed by atoms with E-state index in [1.54, 1.807) is 0 Å². The number of halogens is 2. The highest BCUT2D eigenvalue weighted by Gasteiger charge is 2.15. The van der Waals surface area contributed by atoms with E-state index in [2.05, 4.69) is 15.5 Å². The molecule has 1 unspecified atom stereocenters. The minimum atomic E-state index is -0.170. The van der Waals surface area contributed by atoms with Crippen LogP contribution in [0.4, 0.5) is 0 Å². The van der Waals surface area contributed by atoms with Gasteiger partial charge in [0.1, 0.15) is 0 Å². The third kappa shape index (κ3) is 4.83. The number of rotatable bonds is 6. The van der Waals surface area contributed by atoms with Crippen molar-refractivity contribution in [2.45, 2.75) is 18.1 Å². The van der Waals surface area contributed by atoms with Crippen LogP contribution in [0.2, 0.25) is 10.0 Å². The molecular weight excluding hydrogens is 403 g/mol. The SMILES string of the molecule is CC(NC(=O)CSc1nnc(-c2ccc(Cl)cc2)n1C)c1ccccc1Cl. The van der Waals surface area contributed by atoms with Crippen LogP contribution in [0, 0.1) is 0 Å². The third-order valence-electron chi connectivity index (χ3n) is 4.02. The van der Waals surface area contributed by atoms with E-state index in [0.717, 1.165) is 17.0 Å². The molecule has 0 saturated carbocycles. The van der Waals surface area contributed by atoms with E-state index in [1.165, 1.54) is 11.8 Å². The zero-order chi connectivity index (χ0) is 19.4. The van der Waals surface area contributed by atoms with E-state index >= 15 is 0 Å². The molecule has 0 aliphatic heterocycles. The van der Waals surface area contributed by atoms with Crippen LogP contribution in [-0.4, -0.2) is 26.4 Å². The Labute approximate surface area is 172 Å². The highest BCUT2D eigenvalue weighted by molar-refractivity contribution is 7.99. The van der Waals surface area contributed by atoms with E-state index in [1.807, 2.05) is 67.1 Å². The van der Waals surface area contributed by atoms with Gasteiger partial charge < -0.3 is 9.88 Å². The van der Waals surface area contributed by atoms with Crippen molar-refractivity contribution in [2.24, 2.45) is 7.05 Å². The summed E-state index contributed by atoms with van der Waals surface area (Å²) in [6.07, 6.45) is 0. The maximum atomic E-state index is 12.3. The monoisotopic (exact) mass is 420 g/mol. The molecule has 8 heteroatoms. The van der Waals surface area contributed by atoms with E-state index < -0.39 is 0 Å². The fourth-order valence-electron chi connectivity index (χ4n) is 2.61. The molecule has 1 N–H and O–H groups in total. The molecule has 0 radical (unpaired) electrons. The van der Waals surface area contributed by atoms with Gasteiger partial charge in [0.15, 0.2) is 11.0 Å². The number of benzene rings is 2. The molecule has 1 heterocycles. The van der Waals surface area contributed by atoms with Gasteiger partial charge in [-0.3, -0.25) is 4.79 Å². The minimum absolute atomic E-state index is 0.0940. The smallest absolute Gasteiger partial charge is 0.230 e. The van der Waals surface area contributed by atoms with Gasteiger partial charge in [-0.1, -0.05) is 53.2 Å². The predicted molar refractivity (Wildman–Crippen MR) is 110 cm³/mol. The first-order chi connectivity index (χ1) is 13.0. The van der Waals surface area contributed by atoms with E-state index in [9.17, 15) is 4.79 Å². The molecule has 3 rings (SSSR count). The number of carbonyl (C=O) groups excluding carboxylic acids is 1. The van der Waals surface area contributed by atoms with Gasteiger partial charge in [-0.15, -0.1) is 10.2 Å². The summed E-state index contributed by atoms with van der Waals surface area (Å²) < 4.78 is 1.86. The highest BCUT2D eigenvalue weighted by atomic mass is 35.5. The van der Waals surface area contributed by atoms with Gasteiger partial charge in [0.2, 0.25) is 5.91 Å². The van der Waals surface area contributed by atoms with Crippen LogP contribution in [0.3, 0.4) is 0 Å². The number of hydrogen-bond donors (Lipinski definition) is 1. The molecule has 140 valence electrons. The van der Waals surface area contributed by atoms with Crippen LogP contribution in [0.15, 0.2) is 53.7 Å². The summed E-state index contributed by atoms with van der Waals surface area (Å²) in [6, 6.07) is 14.7. The van der Waals surface area contributed by atoms with Crippen molar-refractivity contribution in [3.63, 3.8) is 0 Å². The lowest BCUT2D eigenvalue weighted by atomic mass is 10.1. The molecule has 0 spiro atoms. The molecule has 1 aromatic heterocycles. The number of nitrogens with one attached hydrogen (secondary N) is 1. The Hall–Kier alpha value is -2.02. The van der Waals surface area contributed by atoms with Crippen molar-refractivity contribution in [1.29, 1.82) is 0 Å². The normalized spacial score (nSPS) is 12.0. The molecule has 1 amide bonds. The fourth-order valence-corrected chi connectivity index (χ4v) is 3.76. The molecule has 2 aromatic carbocycles. The summed E-state index contributed by atoms with van der Waals surface area (Å²) in [4.78, 5) is 12.3. The summed E-state index contributed by atoms with van der Waals surface area (Å²) in [5, 5.41) is 13.3. The van der Waals surface area contributed by atoms with Gasteiger partial charge in [-0.25, -0.2) is 0 Å². The second-order valence-corrected chi connectivity index (χ2v) is 7.76. The first-order valence-corrected chi connectivity index (χ1v) is 10.0. The molecule has 1 atom stereocenters. The molecule has 27 heavy (non-hydrogen) atoms. The molecule has 3 aromatic rings. The molecule has 0 bridgehead atoms. The average Bonchev–Trinajstić information content (AvgIpc) is 3.01. The zero-order valence-electron chi connectivity index (χ0n) is 14.8. The summed E-state index contributed by atoms with van der Waals surface area (Å²) in [7, 11) is 1.87. The predicted octanol–water partition coefficient (Wildman–Crippen LogP) is 4.76. The Morgan fingerprint density at radius 1 is 1.15 bits per heavy atom. The molecule has 0 saturated heterocycles. The van der Waals surface area contributed by atoms with Crippen molar-refractivity contribution >= 4 is 40.9 Å². The Morgan fingerprint density at radius 3 is 2.56 bits per heavy atom. The average molecular weight is 421 g/mol. The van der Waals surface area contributed by atoms with Crippen LogP contribution in [0.1, 0.15) is 18.5 Å². The Balaban J connectivity index is 1.61. The number of aromatic nitrogens is 3. The van der Waals surface area contributed by atoms with Crippen LogP contribution >= 0.6 is 35.0 Å². The van der Waals surface area contributed by atoms with Crippen LogP contribution in [-0.2, 0) is 11.8 Å². The topological polar surface area (TPSA) is 59.8 Å². The second kappa shape index (κ2) is 8.78. The Bertz CT molecular complexity index is 943. The molecule has 0 fully saturated rings. The summed E-state index contributed by atoms with van der Waals surface area (Å²) in [5.41, 5.74) is 1.80. The van der Waals surface area contributed by atoms with Gasteiger partial charge in [0.25, 0.3) is 0 Å². The first kappa shape index (κ1) is 19.7. The number of amides is 1. The standard InChI is InChI=1S/C19H18Cl2N4OS/c1-12(15-5-3-4-6-16(15)21)22-17(26)11-27-19-24-23-18(25(19)2)13-7-9-14(20)10-8-13/h3-10,12H,11H2,1-2H3,(H,22,26). The molecule has 5 nitrogen and oxygen atoms in total. The number of hydrogen-bond acceptors (Lipinski definition) is 4. The summed E-state index contributed by atoms with van der Waals surface area (Å²) in [6.45, 7) is 1.91. The lowest BCUT2D eigenvalue weighted by Gasteiger charge is -2.15. The molecule has 0 aliphatic rings. The van der Waals surface area contributed by atoms with Crippen LogP contribution < -0.4 is 5.32 Å². The number of thioether (sulfide) groups is 1. The van der Waals surface area contributed by atoms with Crippen LogP contribution in [0.5, 0.6) is 0 Å². The lowest BCUT2D eigenvalue weighted by Crippen LogP contribution is -2.28. The van der Waals surface area contributed by atoms with Crippen LogP contribution in [0.25, 0.3) is 11.4 Å². The maximum absolute atomic E-state index is 12.3. The minimum Gasteiger partial charge on any atom is -0.349 e. The number of nitrogens with zero attached hydrogens (tertiary/aromatic N) is 3. The Morgan fingerprint density at radius 2 is 1.85 bits per heavy atom. The molecule has 0 aliphatic carbocycles. The summed E-state index contributed by atoms with van der Waals surface area (Å²) in [5.74, 6) is 0.865. The second-order valence-electron chi connectivity index (χ2n) is 5.97. The first-order valence-electron chi connectivity index (χ1n) is 8.27. The highest BCUT2D eigenvalue weighted by Crippen LogP contribution is 2.25.